The maximum absolute atomic E-state index is 5.35. The van der Waals surface area contributed by atoms with E-state index in [4.69, 9.17) is 4.74 Å². The molecule has 0 aliphatic heterocycles. The van der Waals surface area contributed by atoms with Crippen molar-refractivity contribution < 1.29 is 4.74 Å². The predicted octanol–water partition coefficient (Wildman–Crippen LogP) is 3.91. The molecule has 0 spiro atoms. The van der Waals surface area contributed by atoms with Crippen molar-refractivity contribution >= 4 is 11.8 Å². The van der Waals surface area contributed by atoms with Crippen molar-refractivity contribution in [1.82, 2.24) is 14.8 Å². The molecule has 4 nitrogen and oxygen atoms in total. The largest absolute Gasteiger partial charge is 0.381 e. The molecule has 0 atom stereocenters. The first-order chi connectivity index (χ1) is 10.4. The van der Waals surface area contributed by atoms with Crippen molar-refractivity contribution in [2.45, 2.75) is 38.3 Å². The van der Waals surface area contributed by atoms with E-state index in [1.54, 1.807) is 11.8 Å². The first kappa shape index (κ1) is 17.0. The average molecular weight is 319 g/mol. The zero-order valence-corrected chi connectivity index (χ0v) is 14.9. The van der Waals surface area contributed by atoms with Gasteiger partial charge in [-0.2, -0.15) is 0 Å². The van der Waals surface area contributed by atoms with Crippen LogP contribution in [0.2, 0.25) is 0 Å². The molecule has 5 heteroatoms. The van der Waals surface area contributed by atoms with Crippen LogP contribution in [0.4, 0.5) is 0 Å². The highest BCUT2D eigenvalue weighted by atomic mass is 32.2. The Hall–Kier alpha value is -1.33. The molecule has 1 aromatic heterocycles. The van der Waals surface area contributed by atoms with E-state index in [1.165, 1.54) is 5.56 Å². The molecule has 0 bridgehead atoms. The van der Waals surface area contributed by atoms with Crippen LogP contribution in [0.1, 0.15) is 33.3 Å². The summed E-state index contributed by atoms with van der Waals surface area (Å²) in [4.78, 5) is 0. The summed E-state index contributed by atoms with van der Waals surface area (Å²) in [5.41, 5.74) is 2.59. The Morgan fingerprint density at radius 1 is 1.14 bits per heavy atom. The molecule has 0 N–H and O–H groups in total. The van der Waals surface area contributed by atoms with Gasteiger partial charge in [-0.3, -0.25) is 0 Å². The number of aromatic nitrogens is 3. The summed E-state index contributed by atoms with van der Waals surface area (Å²) in [5.74, 6) is 1.79. The lowest BCUT2D eigenvalue weighted by molar-refractivity contribution is 0.164. The van der Waals surface area contributed by atoms with E-state index < -0.39 is 0 Å². The van der Waals surface area contributed by atoms with Crippen LogP contribution < -0.4 is 0 Å². The fourth-order valence-electron chi connectivity index (χ4n) is 2.15. The van der Waals surface area contributed by atoms with Crippen LogP contribution in [0.3, 0.4) is 0 Å². The molecule has 0 aliphatic rings. The Labute approximate surface area is 137 Å². The highest BCUT2D eigenvalue weighted by Gasteiger charge is 2.15. The number of thioether (sulfide) groups is 1. The van der Waals surface area contributed by atoms with Gasteiger partial charge in [0, 0.05) is 25.0 Å². The van der Waals surface area contributed by atoms with Crippen LogP contribution in [-0.4, -0.2) is 33.7 Å². The van der Waals surface area contributed by atoms with Gasteiger partial charge in [0.2, 0.25) is 0 Å². The monoisotopic (exact) mass is 319 g/mol. The molecule has 2 aromatic rings. The number of hydrogen-bond donors (Lipinski definition) is 0. The minimum atomic E-state index is 0.165. The Morgan fingerprint density at radius 3 is 2.41 bits per heavy atom. The maximum Gasteiger partial charge on any atom is 0.191 e. The van der Waals surface area contributed by atoms with Crippen LogP contribution in [-0.2, 0) is 17.2 Å². The molecule has 0 fully saturated rings. The molecule has 0 saturated carbocycles. The van der Waals surface area contributed by atoms with Crippen molar-refractivity contribution in [2.75, 3.05) is 19.0 Å². The number of benzene rings is 1. The van der Waals surface area contributed by atoms with E-state index in [9.17, 15) is 0 Å². The Kier molecular flexibility index (Phi) is 5.64. The number of ether oxygens (including phenoxy) is 1. The van der Waals surface area contributed by atoms with E-state index >= 15 is 0 Å². The molecule has 1 heterocycles. The quantitative estimate of drug-likeness (QED) is 0.598. The molecule has 0 saturated heterocycles. The van der Waals surface area contributed by atoms with Crippen LogP contribution in [0.5, 0.6) is 0 Å². The number of nitrogens with zero attached hydrogens (tertiary/aromatic N) is 3. The number of hydrogen-bond acceptors (Lipinski definition) is 4. The fraction of sp³-hybridized carbons (Fsp3) is 0.529. The summed E-state index contributed by atoms with van der Waals surface area (Å²) in [7, 11) is 2.01. The van der Waals surface area contributed by atoms with Crippen LogP contribution in [0.25, 0.3) is 11.4 Å². The Bertz CT molecular complexity index is 599. The standard InChI is InChI=1S/C17H25N3OS/c1-6-21-11-12-22-16-19-18-15(20(16)5)13-7-9-14(10-8-13)17(2,3)4/h7-10H,6,11-12H2,1-5H3. The van der Waals surface area contributed by atoms with E-state index in [1.807, 2.05) is 18.5 Å². The van der Waals surface area contributed by atoms with Gasteiger partial charge in [-0.25, -0.2) is 0 Å². The third-order valence-corrected chi connectivity index (χ3v) is 4.49. The van der Waals surface area contributed by atoms with Gasteiger partial charge in [-0.1, -0.05) is 56.8 Å². The first-order valence-corrected chi connectivity index (χ1v) is 8.63. The van der Waals surface area contributed by atoms with Crippen molar-refractivity contribution in [1.29, 1.82) is 0 Å². The predicted molar refractivity (Wildman–Crippen MR) is 92.4 cm³/mol. The highest BCUT2D eigenvalue weighted by molar-refractivity contribution is 7.99. The summed E-state index contributed by atoms with van der Waals surface area (Å²) in [5, 5.41) is 9.53. The summed E-state index contributed by atoms with van der Waals surface area (Å²) in [6, 6.07) is 8.59. The molecule has 1 aromatic carbocycles. The van der Waals surface area contributed by atoms with Crippen LogP contribution in [0, 0.1) is 0 Å². The third kappa shape index (κ3) is 4.11. The van der Waals surface area contributed by atoms with Crippen molar-refractivity contribution in [2.24, 2.45) is 7.05 Å². The fourth-order valence-corrected chi connectivity index (χ4v) is 2.91. The lowest BCUT2D eigenvalue weighted by atomic mass is 9.87. The molecular weight excluding hydrogens is 294 g/mol. The second kappa shape index (κ2) is 7.29. The first-order valence-electron chi connectivity index (χ1n) is 7.64. The van der Waals surface area contributed by atoms with Gasteiger partial charge in [0.25, 0.3) is 0 Å². The van der Waals surface area contributed by atoms with Crippen LogP contribution in [0.15, 0.2) is 29.4 Å². The number of rotatable bonds is 6. The minimum Gasteiger partial charge on any atom is -0.381 e. The van der Waals surface area contributed by atoms with Crippen LogP contribution >= 0.6 is 11.8 Å². The van der Waals surface area contributed by atoms with Gasteiger partial charge in [0.1, 0.15) is 0 Å². The van der Waals surface area contributed by atoms with E-state index in [-0.39, 0.29) is 5.41 Å². The maximum atomic E-state index is 5.35. The van der Waals surface area contributed by atoms with E-state index in [0.717, 1.165) is 35.5 Å². The normalized spacial score (nSPS) is 11.9. The van der Waals surface area contributed by atoms with Gasteiger partial charge in [-0.15, -0.1) is 10.2 Å². The second-order valence-electron chi connectivity index (χ2n) is 6.24. The zero-order valence-electron chi connectivity index (χ0n) is 14.1. The smallest absolute Gasteiger partial charge is 0.191 e. The molecule has 2 rings (SSSR count). The van der Waals surface area contributed by atoms with E-state index in [2.05, 4.69) is 55.2 Å². The Balaban J connectivity index is 2.11. The second-order valence-corrected chi connectivity index (χ2v) is 7.30. The Morgan fingerprint density at radius 2 is 1.82 bits per heavy atom. The lowest BCUT2D eigenvalue weighted by Gasteiger charge is -2.19. The minimum absolute atomic E-state index is 0.165. The highest BCUT2D eigenvalue weighted by Crippen LogP contribution is 2.26. The lowest BCUT2D eigenvalue weighted by Crippen LogP contribution is -2.10. The third-order valence-electron chi connectivity index (χ3n) is 3.51. The average Bonchev–Trinajstić information content (AvgIpc) is 2.84. The summed E-state index contributed by atoms with van der Waals surface area (Å²) in [6.07, 6.45) is 0. The SMILES string of the molecule is CCOCCSc1nnc(-c2ccc(C(C)(C)C)cc2)n1C. The van der Waals surface area contributed by atoms with Crippen molar-refractivity contribution in [3.8, 4) is 11.4 Å². The van der Waals surface area contributed by atoms with E-state index in [0.29, 0.717) is 0 Å². The molecule has 22 heavy (non-hydrogen) atoms. The van der Waals surface area contributed by atoms with Gasteiger partial charge in [0.05, 0.1) is 6.61 Å². The molecule has 0 unspecified atom stereocenters. The molecule has 120 valence electrons. The summed E-state index contributed by atoms with van der Waals surface area (Å²) < 4.78 is 7.40. The van der Waals surface area contributed by atoms with Gasteiger partial charge < -0.3 is 9.30 Å². The topological polar surface area (TPSA) is 39.9 Å². The molecule has 0 amide bonds. The van der Waals surface area contributed by atoms with Gasteiger partial charge >= 0.3 is 0 Å². The van der Waals surface area contributed by atoms with Gasteiger partial charge in [0.15, 0.2) is 11.0 Å². The molecular formula is C17H25N3OS. The molecule has 0 aliphatic carbocycles. The zero-order chi connectivity index (χ0) is 16.2. The van der Waals surface area contributed by atoms with Gasteiger partial charge in [-0.05, 0) is 17.9 Å². The van der Waals surface area contributed by atoms with Crippen molar-refractivity contribution in [3.05, 3.63) is 29.8 Å². The van der Waals surface area contributed by atoms with Crippen molar-refractivity contribution in [3.63, 3.8) is 0 Å². The summed E-state index contributed by atoms with van der Waals surface area (Å²) in [6.45, 7) is 10.2. The summed E-state index contributed by atoms with van der Waals surface area (Å²) >= 11 is 1.67. The molecule has 0 radical (unpaired) electrons.